The highest BCUT2D eigenvalue weighted by atomic mass is 32.1. The molecule has 0 atom stereocenters. The van der Waals surface area contributed by atoms with Crippen molar-refractivity contribution in [1.29, 1.82) is 0 Å². The molecule has 2 aromatic carbocycles. The van der Waals surface area contributed by atoms with E-state index in [1.165, 1.54) is 22.8 Å². The topological polar surface area (TPSA) is 42.0 Å². The van der Waals surface area contributed by atoms with Crippen LogP contribution in [0.3, 0.4) is 0 Å². The Morgan fingerprint density at radius 2 is 2.00 bits per heavy atom. The fourth-order valence-electron chi connectivity index (χ4n) is 2.40. The van der Waals surface area contributed by atoms with E-state index in [2.05, 4.69) is 28.5 Å². The molecule has 0 aliphatic carbocycles. The highest BCUT2D eigenvalue weighted by molar-refractivity contribution is 7.23. The molecule has 0 fully saturated rings. The largest absolute Gasteiger partial charge is 0.298 e. The Kier molecular flexibility index (Phi) is 3.65. The van der Waals surface area contributed by atoms with Crippen LogP contribution in [0.4, 0.5) is 5.13 Å². The molecule has 1 amide bonds. The fraction of sp³-hybridized carbons (Fsp3) is 0. The Bertz CT molecular complexity index is 1020. The van der Waals surface area contributed by atoms with Gasteiger partial charge in [0.05, 0.1) is 10.2 Å². The van der Waals surface area contributed by atoms with Crippen LogP contribution in [0.25, 0.3) is 27.1 Å². The lowest BCUT2D eigenvalue weighted by molar-refractivity contribution is -0.111. The molecule has 0 spiro atoms. The summed E-state index contributed by atoms with van der Waals surface area (Å²) in [6, 6.07) is 16.2. The molecular formula is C18H12N2OS2. The van der Waals surface area contributed by atoms with E-state index in [4.69, 9.17) is 0 Å². The van der Waals surface area contributed by atoms with Crippen LogP contribution in [-0.4, -0.2) is 10.9 Å². The van der Waals surface area contributed by atoms with E-state index in [1.807, 2.05) is 41.8 Å². The van der Waals surface area contributed by atoms with Crippen molar-refractivity contribution in [3.63, 3.8) is 0 Å². The summed E-state index contributed by atoms with van der Waals surface area (Å²) in [6.07, 6.45) is 3.35. The zero-order chi connectivity index (χ0) is 15.6. The normalized spacial score (nSPS) is 11.5. The number of amides is 1. The second-order valence-corrected chi connectivity index (χ2v) is 6.97. The first-order valence-corrected chi connectivity index (χ1v) is 8.80. The van der Waals surface area contributed by atoms with Gasteiger partial charge < -0.3 is 0 Å². The number of nitrogens with zero attached hydrogens (tertiary/aromatic N) is 1. The Morgan fingerprint density at radius 3 is 2.87 bits per heavy atom. The van der Waals surface area contributed by atoms with Crippen molar-refractivity contribution in [2.24, 2.45) is 0 Å². The SMILES string of the molecule is O=C(C=Cc1cccs1)Nc1nc2ccc3ccccc3c2s1. The molecule has 0 radical (unpaired) electrons. The van der Waals surface area contributed by atoms with Crippen LogP contribution in [0, 0.1) is 0 Å². The first kappa shape index (κ1) is 14.1. The number of thiazole rings is 1. The summed E-state index contributed by atoms with van der Waals surface area (Å²) >= 11 is 3.10. The summed E-state index contributed by atoms with van der Waals surface area (Å²) in [6.45, 7) is 0. The minimum absolute atomic E-state index is 0.165. The summed E-state index contributed by atoms with van der Waals surface area (Å²) in [5.41, 5.74) is 0.909. The smallest absolute Gasteiger partial charge is 0.250 e. The van der Waals surface area contributed by atoms with Crippen molar-refractivity contribution in [3.05, 3.63) is 64.9 Å². The zero-order valence-electron chi connectivity index (χ0n) is 12.0. The number of carbonyl (C=O) groups excluding carboxylic acids is 1. The van der Waals surface area contributed by atoms with Gasteiger partial charge in [-0.25, -0.2) is 4.98 Å². The molecular weight excluding hydrogens is 324 g/mol. The Morgan fingerprint density at radius 1 is 1.09 bits per heavy atom. The number of fused-ring (bicyclic) bond motifs is 3. The average molecular weight is 336 g/mol. The molecule has 0 saturated heterocycles. The van der Waals surface area contributed by atoms with Gasteiger partial charge in [-0.3, -0.25) is 10.1 Å². The second-order valence-electron chi connectivity index (χ2n) is 4.99. The van der Waals surface area contributed by atoms with Crippen molar-refractivity contribution in [1.82, 2.24) is 4.98 Å². The van der Waals surface area contributed by atoms with Gasteiger partial charge in [-0.05, 0) is 29.0 Å². The van der Waals surface area contributed by atoms with E-state index in [0.717, 1.165) is 20.5 Å². The quantitative estimate of drug-likeness (QED) is 0.525. The van der Waals surface area contributed by atoms with Gasteiger partial charge in [-0.15, -0.1) is 11.3 Å². The van der Waals surface area contributed by atoms with Crippen molar-refractivity contribution < 1.29 is 4.79 Å². The molecule has 4 rings (SSSR count). The van der Waals surface area contributed by atoms with Gasteiger partial charge in [0.1, 0.15) is 0 Å². The van der Waals surface area contributed by atoms with Crippen LogP contribution in [0.2, 0.25) is 0 Å². The van der Waals surface area contributed by atoms with Crippen LogP contribution < -0.4 is 5.32 Å². The van der Waals surface area contributed by atoms with Gasteiger partial charge in [0.25, 0.3) is 0 Å². The van der Waals surface area contributed by atoms with Gasteiger partial charge in [0, 0.05) is 16.3 Å². The van der Waals surface area contributed by atoms with Gasteiger partial charge in [-0.1, -0.05) is 47.7 Å². The maximum absolute atomic E-state index is 12.0. The highest BCUT2D eigenvalue weighted by Gasteiger charge is 2.08. The fourth-order valence-corrected chi connectivity index (χ4v) is 4.02. The van der Waals surface area contributed by atoms with Crippen LogP contribution in [-0.2, 0) is 4.79 Å². The second kappa shape index (κ2) is 5.95. The van der Waals surface area contributed by atoms with Gasteiger partial charge >= 0.3 is 0 Å². The minimum Gasteiger partial charge on any atom is -0.298 e. The van der Waals surface area contributed by atoms with Crippen LogP contribution in [0.5, 0.6) is 0 Å². The summed E-state index contributed by atoms with van der Waals surface area (Å²) in [4.78, 5) is 17.6. The number of hydrogen-bond acceptors (Lipinski definition) is 4. The number of nitrogens with one attached hydrogen (secondary N) is 1. The standard InChI is InChI=1S/C18H12N2OS2/c21-16(10-8-13-5-3-11-22-13)20-18-19-15-9-7-12-4-1-2-6-14(12)17(15)23-18/h1-11H,(H,19,20,21). The summed E-state index contributed by atoms with van der Waals surface area (Å²) in [5.74, 6) is -0.165. The van der Waals surface area contributed by atoms with Crippen LogP contribution in [0.15, 0.2) is 60.0 Å². The first-order chi connectivity index (χ1) is 11.3. The lowest BCUT2D eigenvalue weighted by Gasteiger charge is -1.96. The third-order valence-corrected chi connectivity index (χ3v) is 5.31. The van der Waals surface area contributed by atoms with Crippen molar-refractivity contribution in [3.8, 4) is 0 Å². The number of aromatic nitrogens is 1. The molecule has 0 saturated carbocycles. The number of rotatable bonds is 3. The molecule has 4 aromatic rings. The molecule has 0 aliphatic rings. The average Bonchev–Trinajstić information content (AvgIpc) is 3.22. The molecule has 0 bridgehead atoms. The predicted molar refractivity (Wildman–Crippen MR) is 99.1 cm³/mol. The summed E-state index contributed by atoms with van der Waals surface area (Å²) < 4.78 is 1.10. The lowest BCUT2D eigenvalue weighted by atomic mass is 10.1. The lowest BCUT2D eigenvalue weighted by Crippen LogP contribution is -2.06. The molecule has 5 heteroatoms. The first-order valence-electron chi connectivity index (χ1n) is 7.10. The third-order valence-electron chi connectivity index (χ3n) is 3.45. The molecule has 23 heavy (non-hydrogen) atoms. The summed E-state index contributed by atoms with van der Waals surface area (Å²) in [7, 11) is 0. The van der Waals surface area contributed by atoms with Crippen molar-refractivity contribution in [2.45, 2.75) is 0 Å². The van der Waals surface area contributed by atoms with E-state index >= 15 is 0 Å². The number of benzene rings is 2. The van der Waals surface area contributed by atoms with E-state index < -0.39 is 0 Å². The number of hydrogen-bond donors (Lipinski definition) is 1. The van der Waals surface area contributed by atoms with E-state index in [0.29, 0.717) is 5.13 Å². The Labute approximate surface area is 140 Å². The zero-order valence-corrected chi connectivity index (χ0v) is 13.7. The Hall–Kier alpha value is -2.50. The predicted octanol–water partition coefficient (Wildman–Crippen LogP) is 5.16. The number of carbonyl (C=O) groups is 1. The molecule has 2 heterocycles. The highest BCUT2D eigenvalue weighted by Crippen LogP contribution is 2.32. The Balaban J connectivity index is 1.62. The van der Waals surface area contributed by atoms with E-state index in [1.54, 1.807) is 11.3 Å². The summed E-state index contributed by atoms with van der Waals surface area (Å²) in [5, 5.41) is 7.79. The van der Waals surface area contributed by atoms with Crippen LogP contribution in [0.1, 0.15) is 4.88 Å². The molecule has 0 unspecified atom stereocenters. The van der Waals surface area contributed by atoms with Crippen LogP contribution >= 0.6 is 22.7 Å². The van der Waals surface area contributed by atoms with Gasteiger partial charge in [0.2, 0.25) is 5.91 Å². The minimum atomic E-state index is -0.165. The van der Waals surface area contributed by atoms with E-state index in [-0.39, 0.29) is 5.91 Å². The maximum Gasteiger partial charge on any atom is 0.250 e. The number of anilines is 1. The van der Waals surface area contributed by atoms with E-state index in [9.17, 15) is 4.79 Å². The monoisotopic (exact) mass is 336 g/mol. The van der Waals surface area contributed by atoms with Crippen molar-refractivity contribution in [2.75, 3.05) is 5.32 Å². The molecule has 2 aromatic heterocycles. The molecule has 112 valence electrons. The number of thiophene rings is 1. The third kappa shape index (κ3) is 2.88. The van der Waals surface area contributed by atoms with Gasteiger partial charge in [0.15, 0.2) is 5.13 Å². The molecule has 0 aliphatic heterocycles. The molecule has 1 N–H and O–H groups in total. The van der Waals surface area contributed by atoms with Gasteiger partial charge in [-0.2, -0.15) is 0 Å². The van der Waals surface area contributed by atoms with Crippen molar-refractivity contribution >= 4 is 60.8 Å². The molecule has 3 nitrogen and oxygen atoms in total. The maximum atomic E-state index is 12.0.